The Bertz CT molecular complexity index is 988. The van der Waals surface area contributed by atoms with Crippen molar-refractivity contribution < 1.29 is 18.7 Å². The molecule has 3 heterocycles. The van der Waals surface area contributed by atoms with E-state index in [9.17, 15) is 4.79 Å². The van der Waals surface area contributed by atoms with E-state index in [-0.39, 0.29) is 18.2 Å². The number of hydrogen-bond donors (Lipinski definition) is 0. The van der Waals surface area contributed by atoms with Crippen molar-refractivity contribution >= 4 is 10.8 Å². The van der Waals surface area contributed by atoms with Gasteiger partial charge in [0, 0.05) is 18.2 Å². The number of pyridine rings is 1. The zero-order chi connectivity index (χ0) is 18.1. The summed E-state index contributed by atoms with van der Waals surface area (Å²) in [5, 5.41) is 5.20. The number of nitrogens with zero attached hydrogens (tertiary/aromatic N) is 3. The van der Waals surface area contributed by atoms with Crippen molar-refractivity contribution in [3.05, 3.63) is 46.5 Å². The molecule has 4 rings (SSSR count). The van der Waals surface area contributed by atoms with E-state index >= 15 is 0 Å². The summed E-state index contributed by atoms with van der Waals surface area (Å²) in [5.41, 5.74) is -0.160. The van der Waals surface area contributed by atoms with Gasteiger partial charge < -0.3 is 23.3 Å². The van der Waals surface area contributed by atoms with Crippen LogP contribution in [0.3, 0.4) is 0 Å². The first-order chi connectivity index (χ1) is 12.7. The predicted molar refractivity (Wildman–Crippen MR) is 92.6 cm³/mol. The highest BCUT2D eigenvalue weighted by atomic mass is 16.5. The van der Waals surface area contributed by atoms with Crippen molar-refractivity contribution in [2.45, 2.75) is 25.5 Å². The Morgan fingerprint density at radius 2 is 2.12 bits per heavy atom. The minimum absolute atomic E-state index is 0.138. The van der Waals surface area contributed by atoms with Gasteiger partial charge in [-0.1, -0.05) is 5.16 Å². The number of benzene rings is 1. The predicted octanol–water partition coefficient (Wildman–Crippen LogP) is 2.30. The zero-order valence-electron chi connectivity index (χ0n) is 14.6. The lowest BCUT2D eigenvalue weighted by Gasteiger charge is -2.11. The van der Waals surface area contributed by atoms with Crippen LogP contribution in [0.1, 0.15) is 30.7 Å². The third kappa shape index (κ3) is 2.82. The molecular weight excluding hydrogens is 338 g/mol. The van der Waals surface area contributed by atoms with Gasteiger partial charge in [-0.3, -0.25) is 4.79 Å². The van der Waals surface area contributed by atoms with Crippen LogP contribution in [0.2, 0.25) is 0 Å². The molecule has 1 fully saturated rings. The Morgan fingerprint density at radius 3 is 2.85 bits per heavy atom. The Morgan fingerprint density at radius 1 is 1.23 bits per heavy atom. The van der Waals surface area contributed by atoms with Crippen molar-refractivity contribution in [2.24, 2.45) is 0 Å². The summed E-state index contributed by atoms with van der Waals surface area (Å²) in [4.78, 5) is 17.2. The van der Waals surface area contributed by atoms with E-state index < -0.39 is 0 Å². The molecule has 1 aromatic carbocycles. The topological polar surface area (TPSA) is 88.6 Å². The third-order valence-corrected chi connectivity index (χ3v) is 4.50. The minimum Gasteiger partial charge on any atom is -0.493 e. The maximum Gasteiger partial charge on any atom is 0.258 e. The highest BCUT2D eigenvalue weighted by molar-refractivity contribution is 5.90. The van der Waals surface area contributed by atoms with Crippen LogP contribution in [-0.4, -0.2) is 35.5 Å². The van der Waals surface area contributed by atoms with Crippen LogP contribution in [0.25, 0.3) is 10.8 Å². The number of methoxy groups -OCH3 is 2. The number of fused-ring (bicyclic) bond motifs is 1. The molecule has 0 aliphatic carbocycles. The molecule has 1 atom stereocenters. The molecule has 1 aliphatic heterocycles. The number of ether oxygens (including phenoxy) is 3. The number of hydrogen-bond acceptors (Lipinski definition) is 7. The van der Waals surface area contributed by atoms with E-state index in [4.69, 9.17) is 18.7 Å². The Labute approximate surface area is 149 Å². The SMILES string of the molecule is COc1ccc2c(=O)n(Cc3noc([C@H]4CCCO4)n3)ccc2c1OC. The molecule has 136 valence electrons. The van der Waals surface area contributed by atoms with Gasteiger partial charge in [-0.05, 0) is 31.0 Å². The van der Waals surface area contributed by atoms with E-state index in [1.807, 2.05) is 6.07 Å². The average molecular weight is 357 g/mol. The summed E-state index contributed by atoms with van der Waals surface area (Å²) in [5.74, 6) is 2.03. The normalized spacial score (nSPS) is 16.9. The summed E-state index contributed by atoms with van der Waals surface area (Å²) >= 11 is 0. The Kier molecular flexibility index (Phi) is 4.34. The smallest absolute Gasteiger partial charge is 0.258 e. The fourth-order valence-corrected chi connectivity index (χ4v) is 3.20. The molecule has 8 nitrogen and oxygen atoms in total. The van der Waals surface area contributed by atoms with Gasteiger partial charge in [0.25, 0.3) is 11.4 Å². The van der Waals surface area contributed by atoms with Gasteiger partial charge in [0.05, 0.1) is 26.2 Å². The highest BCUT2D eigenvalue weighted by Crippen LogP contribution is 2.33. The van der Waals surface area contributed by atoms with Crippen molar-refractivity contribution in [1.29, 1.82) is 0 Å². The molecule has 0 bridgehead atoms. The summed E-state index contributed by atoms with van der Waals surface area (Å²) < 4.78 is 23.0. The molecule has 3 aromatic rings. The quantitative estimate of drug-likeness (QED) is 0.692. The van der Waals surface area contributed by atoms with Crippen LogP contribution in [0.15, 0.2) is 33.7 Å². The first-order valence-electron chi connectivity index (χ1n) is 8.39. The van der Waals surface area contributed by atoms with E-state index in [0.29, 0.717) is 40.6 Å². The monoisotopic (exact) mass is 357 g/mol. The molecule has 2 aromatic heterocycles. The lowest BCUT2D eigenvalue weighted by molar-refractivity contribution is 0.0835. The first-order valence-corrected chi connectivity index (χ1v) is 8.39. The lowest BCUT2D eigenvalue weighted by Crippen LogP contribution is -2.20. The zero-order valence-corrected chi connectivity index (χ0v) is 14.6. The van der Waals surface area contributed by atoms with Crippen molar-refractivity contribution in [1.82, 2.24) is 14.7 Å². The van der Waals surface area contributed by atoms with Crippen molar-refractivity contribution in [2.75, 3.05) is 20.8 Å². The van der Waals surface area contributed by atoms with E-state index in [2.05, 4.69) is 10.1 Å². The maximum atomic E-state index is 12.8. The highest BCUT2D eigenvalue weighted by Gasteiger charge is 2.24. The van der Waals surface area contributed by atoms with Gasteiger partial charge in [0.15, 0.2) is 17.3 Å². The third-order valence-electron chi connectivity index (χ3n) is 4.50. The molecule has 0 saturated carbocycles. The van der Waals surface area contributed by atoms with Crippen LogP contribution in [0, 0.1) is 0 Å². The van der Waals surface area contributed by atoms with Gasteiger partial charge >= 0.3 is 0 Å². The molecule has 0 amide bonds. The molecule has 0 spiro atoms. The molecule has 1 saturated heterocycles. The van der Waals surface area contributed by atoms with Gasteiger partial charge in [0.1, 0.15) is 6.10 Å². The second-order valence-corrected chi connectivity index (χ2v) is 6.06. The molecule has 0 N–H and O–H groups in total. The fraction of sp³-hybridized carbons (Fsp3) is 0.389. The largest absolute Gasteiger partial charge is 0.493 e. The molecular formula is C18H19N3O5. The first kappa shape index (κ1) is 16.6. The van der Waals surface area contributed by atoms with E-state index in [0.717, 1.165) is 12.8 Å². The summed E-state index contributed by atoms with van der Waals surface area (Å²) in [6.45, 7) is 0.928. The lowest BCUT2D eigenvalue weighted by atomic mass is 10.1. The van der Waals surface area contributed by atoms with Crippen molar-refractivity contribution in [3.8, 4) is 11.5 Å². The summed E-state index contributed by atoms with van der Waals surface area (Å²) in [6.07, 6.45) is 3.41. The van der Waals surface area contributed by atoms with Crippen molar-refractivity contribution in [3.63, 3.8) is 0 Å². The van der Waals surface area contributed by atoms with Crippen LogP contribution in [0.4, 0.5) is 0 Å². The second-order valence-electron chi connectivity index (χ2n) is 6.06. The van der Waals surface area contributed by atoms with Crippen LogP contribution in [0.5, 0.6) is 11.5 Å². The molecule has 0 radical (unpaired) electrons. The Balaban J connectivity index is 1.67. The van der Waals surface area contributed by atoms with Crippen LogP contribution < -0.4 is 15.0 Å². The second kappa shape index (κ2) is 6.80. The fourth-order valence-electron chi connectivity index (χ4n) is 3.20. The molecule has 1 aliphatic rings. The van der Waals surface area contributed by atoms with Gasteiger partial charge in [-0.2, -0.15) is 4.98 Å². The molecule has 26 heavy (non-hydrogen) atoms. The van der Waals surface area contributed by atoms with Gasteiger partial charge in [0.2, 0.25) is 0 Å². The van der Waals surface area contributed by atoms with Gasteiger partial charge in [-0.25, -0.2) is 0 Å². The maximum absolute atomic E-state index is 12.8. The number of aromatic nitrogens is 3. The summed E-state index contributed by atoms with van der Waals surface area (Å²) in [6, 6.07) is 5.26. The number of rotatable bonds is 5. The standard InChI is InChI=1S/C18H19N3O5/c1-23-13-6-5-12-11(16(13)24-2)7-8-21(18(12)22)10-15-19-17(26-20-15)14-4-3-9-25-14/h5-8,14H,3-4,9-10H2,1-2H3/t14-/m1/s1. The van der Waals surface area contributed by atoms with Crippen LogP contribution >= 0.6 is 0 Å². The van der Waals surface area contributed by atoms with E-state index in [1.54, 1.807) is 37.1 Å². The van der Waals surface area contributed by atoms with Gasteiger partial charge in [-0.15, -0.1) is 0 Å². The van der Waals surface area contributed by atoms with Crippen LogP contribution in [-0.2, 0) is 11.3 Å². The summed E-state index contributed by atoms with van der Waals surface area (Å²) in [7, 11) is 3.11. The average Bonchev–Trinajstić information content (AvgIpc) is 3.34. The van der Waals surface area contributed by atoms with E-state index in [1.165, 1.54) is 0 Å². The minimum atomic E-state index is -0.160. The Hall–Kier alpha value is -2.87. The molecule has 8 heteroatoms. The molecule has 0 unspecified atom stereocenters.